The molecule has 2 N–H and O–H groups in total. The largest absolute Gasteiger partial charge is 0.366 e. The first kappa shape index (κ1) is 12.0. The second-order valence-electron chi connectivity index (χ2n) is 5.28. The van der Waals surface area contributed by atoms with E-state index in [9.17, 15) is 4.79 Å². The summed E-state index contributed by atoms with van der Waals surface area (Å²) in [6.45, 7) is 0.758. The molecule has 2 aliphatic heterocycles. The molecule has 4 nitrogen and oxygen atoms in total. The second-order valence-corrected chi connectivity index (χ2v) is 5.28. The Balaban J connectivity index is 1.63. The predicted molar refractivity (Wildman–Crippen MR) is 83.7 cm³/mol. The summed E-state index contributed by atoms with van der Waals surface area (Å²) >= 11 is 0. The van der Waals surface area contributed by atoms with Gasteiger partial charge in [0.05, 0.1) is 18.8 Å². The van der Waals surface area contributed by atoms with Crippen molar-refractivity contribution in [1.82, 2.24) is 5.32 Å². The lowest BCUT2D eigenvalue weighted by Crippen LogP contribution is -2.20. The summed E-state index contributed by atoms with van der Waals surface area (Å²) < 4.78 is 0. The molecule has 2 aromatic carbocycles. The molecule has 0 unspecified atom stereocenters. The van der Waals surface area contributed by atoms with Crippen molar-refractivity contribution in [2.45, 2.75) is 6.42 Å². The van der Waals surface area contributed by atoms with Crippen molar-refractivity contribution in [3.63, 3.8) is 0 Å². The lowest BCUT2D eigenvalue weighted by Gasteiger charge is -2.13. The quantitative estimate of drug-likeness (QED) is 0.886. The van der Waals surface area contributed by atoms with E-state index in [4.69, 9.17) is 0 Å². The molecule has 0 bridgehead atoms. The Kier molecular flexibility index (Phi) is 2.67. The third-order valence-corrected chi connectivity index (χ3v) is 3.85. The van der Waals surface area contributed by atoms with E-state index >= 15 is 0 Å². The third-order valence-electron chi connectivity index (χ3n) is 3.85. The molecule has 0 saturated heterocycles. The Labute approximate surface area is 123 Å². The molecule has 4 rings (SSSR count). The molecule has 0 aromatic heterocycles. The highest BCUT2D eigenvalue weighted by molar-refractivity contribution is 5.99. The van der Waals surface area contributed by atoms with Gasteiger partial charge < -0.3 is 15.5 Å². The van der Waals surface area contributed by atoms with E-state index in [1.165, 1.54) is 0 Å². The van der Waals surface area contributed by atoms with Crippen molar-refractivity contribution in [3.8, 4) is 0 Å². The minimum absolute atomic E-state index is 0.0708. The molecule has 0 radical (unpaired) electrons. The maximum absolute atomic E-state index is 11.4. The Hall–Kier alpha value is -2.75. The Morgan fingerprint density at radius 1 is 1.05 bits per heavy atom. The van der Waals surface area contributed by atoms with Crippen molar-refractivity contribution in [2.75, 3.05) is 16.9 Å². The minimum atomic E-state index is 0.0708. The number of carbonyl (C=O) groups excluding carboxylic acids is 1. The summed E-state index contributed by atoms with van der Waals surface area (Å²) in [4.78, 5) is 13.6. The molecule has 0 spiro atoms. The molecule has 4 heteroatoms. The number of fused-ring (bicyclic) bond motifs is 1. The molecule has 2 heterocycles. The maximum atomic E-state index is 11.4. The van der Waals surface area contributed by atoms with Crippen LogP contribution in [0.1, 0.15) is 11.1 Å². The molecule has 0 saturated carbocycles. The molecular weight excluding hydrogens is 262 g/mol. The number of para-hydroxylation sites is 1. The Bertz CT molecular complexity index is 737. The van der Waals surface area contributed by atoms with Crippen molar-refractivity contribution in [3.05, 3.63) is 65.9 Å². The van der Waals surface area contributed by atoms with Crippen molar-refractivity contribution in [1.29, 1.82) is 0 Å². The molecule has 1 amide bonds. The van der Waals surface area contributed by atoms with E-state index in [1.807, 2.05) is 30.3 Å². The number of amides is 1. The third kappa shape index (κ3) is 2.14. The van der Waals surface area contributed by atoms with E-state index in [1.54, 1.807) is 0 Å². The Morgan fingerprint density at radius 2 is 1.90 bits per heavy atom. The van der Waals surface area contributed by atoms with Gasteiger partial charge in [-0.05, 0) is 35.4 Å². The highest BCUT2D eigenvalue weighted by Gasteiger charge is 2.20. The first-order valence-electron chi connectivity index (χ1n) is 7.00. The van der Waals surface area contributed by atoms with Gasteiger partial charge in [0.1, 0.15) is 0 Å². The van der Waals surface area contributed by atoms with E-state index in [0.29, 0.717) is 6.42 Å². The topological polar surface area (TPSA) is 44.4 Å². The average Bonchev–Trinajstić information content (AvgIpc) is 3.12. The van der Waals surface area contributed by atoms with Crippen LogP contribution in [0.4, 0.5) is 11.4 Å². The van der Waals surface area contributed by atoms with Crippen LogP contribution in [0.2, 0.25) is 0 Å². The van der Waals surface area contributed by atoms with Crippen LogP contribution in [0.3, 0.4) is 0 Å². The van der Waals surface area contributed by atoms with Crippen LogP contribution >= 0.6 is 0 Å². The molecule has 104 valence electrons. The molecule has 0 aliphatic carbocycles. The highest BCUT2D eigenvalue weighted by atomic mass is 16.1. The summed E-state index contributed by atoms with van der Waals surface area (Å²) in [5.74, 6) is 0.0708. The van der Waals surface area contributed by atoms with Gasteiger partial charge in [-0.15, -0.1) is 0 Å². The average molecular weight is 277 g/mol. The molecular formula is C17H15N3O. The zero-order valence-electron chi connectivity index (χ0n) is 11.5. The summed E-state index contributed by atoms with van der Waals surface area (Å²) in [6, 6.07) is 16.4. The van der Waals surface area contributed by atoms with Crippen molar-refractivity contribution >= 4 is 23.0 Å². The van der Waals surface area contributed by atoms with Crippen LogP contribution < -0.4 is 15.5 Å². The maximum Gasteiger partial charge on any atom is 0.228 e. The standard InChI is InChI=1S/C17H15N3O/c21-17-9-13-8-12(6-7-15(13)19-17)16-10-20(11-18-16)14-4-2-1-3-5-14/h1-8,10,18H,9,11H2,(H,19,21). The number of anilines is 2. The van der Waals surface area contributed by atoms with Crippen molar-refractivity contribution < 1.29 is 4.79 Å². The molecule has 21 heavy (non-hydrogen) atoms. The van der Waals surface area contributed by atoms with Crippen LogP contribution in [0.5, 0.6) is 0 Å². The molecule has 2 aliphatic rings. The van der Waals surface area contributed by atoms with Gasteiger partial charge in [-0.3, -0.25) is 4.79 Å². The van der Waals surface area contributed by atoms with E-state index in [0.717, 1.165) is 34.9 Å². The predicted octanol–water partition coefficient (Wildman–Crippen LogP) is 2.55. The molecule has 0 fully saturated rings. The first-order valence-corrected chi connectivity index (χ1v) is 7.00. The number of benzene rings is 2. The summed E-state index contributed by atoms with van der Waals surface area (Å²) in [5.41, 5.74) is 5.36. The number of nitrogens with zero attached hydrogens (tertiary/aromatic N) is 1. The SMILES string of the molecule is O=C1Cc2cc(C3=CN(c4ccccc4)CN3)ccc2N1. The zero-order valence-corrected chi connectivity index (χ0v) is 11.5. The fraction of sp³-hybridized carbons (Fsp3) is 0.118. The summed E-state index contributed by atoms with van der Waals surface area (Å²) in [6.07, 6.45) is 2.58. The van der Waals surface area contributed by atoms with Gasteiger partial charge >= 0.3 is 0 Å². The number of rotatable bonds is 2. The second kappa shape index (κ2) is 4.66. The monoisotopic (exact) mass is 277 g/mol. The zero-order chi connectivity index (χ0) is 14.2. The van der Waals surface area contributed by atoms with Gasteiger partial charge in [0.15, 0.2) is 0 Å². The van der Waals surface area contributed by atoms with Crippen molar-refractivity contribution in [2.24, 2.45) is 0 Å². The lowest BCUT2D eigenvalue weighted by atomic mass is 10.1. The van der Waals surface area contributed by atoms with Gasteiger partial charge in [0.25, 0.3) is 0 Å². The smallest absolute Gasteiger partial charge is 0.228 e. The van der Waals surface area contributed by atoms with E-state index in [-0.39, 0.29) is 5.91 Å². The number of carbonyl (C=O) groups is 1. The fourth-order valence-corrected chi connectivity index (χ4v) is 2.78. The molecule has 0 atom stereocenters. The normalized spacial score (nSPS) is 16.3. The van der Waals surface area contributed by atoms with Gasteiger partial charge in [-0.1, -0.05) is 24.3 Å². The van der Waals surface area contributed by atoms with Crippen LogP contribution in [0, 0.1) is 0 Å². The van der Waals surface area contributed by atoms with Gasteiger partial charge in [0.2, 0.25) is 5.91 Å². The van der Waals surface area contributed by atoms with Crippen LogP contribution in [-0.4, -0.2) is 12.6 Å². The summed E-state index contributed by atoms with van der Waals surface area (Å²) in [7, 11) is 0. The first-order chi connectivity index (χ1) is 10.3. The minimum Gasteiger partial charge on any atom is -0.366 e. The summed E-state index contributed by atoms with van der Waals surface area (Å²) in [5, 5.41) is 6.27. The molecule has 2 aromatic rings. The number of hydrogen-bond donors (Lipinski definition) is 2. The number of nitrogens with one attached hydrogen (secondary N) is 2. The van der Waals surface area contributed by atoms with Gasteiger partial charge in [-0.25, -0.2) is 0 Å². The Morgan fingerprint density at radius 3 is 2.76 bits per heavy atom. The highest BCUT2D eigenvalue weighted by Crippen LogP contribution is 2.28. The van der Waals surface area contributed by atoms with Crippen LogP contribution in [-0.2, 0) is 11.2 Å². The van der Waals surface area contributed by atoms with E-state index < -0.39 is 0 Å². The lowest BCUT2D eigenvalue weighted by molar-refractivity contribution is -0.115. The van der Waals surface area contributed by atoms with Crippen LogP contribution in [0.25, 0.3) is 5.70 Å². The number of hydrogen-bond acceptors (Lipinski definition) is 3. The fourth-order valence-electron chi connectivity index (χ4n) is 2.78. The van der Waals surface area contributed by atoms with Gasteiger partial charge in [-0.2, -0.15) is 0 Å². The van der Waals surface area contributed by atoms with Crippen LogP contribution in [0.15, 0.2) is 54.7 Å². The van der Waals surface area contributed by atoms with Gasteiger partial charge in [0, 0.05) is 17.6 Å². The van der Waals surface area contributed by atoms with E-state index in [2.05, 4.69) is 39.9 Å².